The molecule has 0 radical (unpaired) electrons. The van der Waals surface area contributed by atoms with Gasteiger partial charge in [0.25, 0.3) is 0 Å². The number of ether oxygens (including phenoxy) is 1. The second-order valence-electron chi connectivity index (χ2n) is 5.18. The Bertz CT molecular complexity index is 554. The van der Waals surface area contributed by atoms with E-state index in [1.807, 2.05) is 11.6 Å². The molecule has 0 bridgehead atoms. The highest BCUT2D eigenvalue weighted by molar-refractivity contribution is 7.09. The first-order chi connectivity index (χ1) is 9.83. The highest BCUT2D eigenvalue weighted by Crippen LogP contribution is 2.25. The first-order valence-corrected chi connectivity index (χ1v) is 8.08. The summed E-state index contributed by atoms with van der Waals surface area (Å²) in [5.41, 5.74) is 2.96. The van der Waals surface area contributed by atoms with E-state index in [-0.39, 0.29) is 0 Å². The lowest BCUT2D eigenvalue weighted by Gasteiger charge is -2.12. The number of thiazole rings is 1. The third kappa shape index (κ3) is 3.19. The summed E-state index contributed by atoms with van der Waals surface area (Å²) >= 11 is 1.68. The second kappa shape index (κ2) is 6.37. The van der Waals surface area contributed by atoms with E-state index in [4.69, 9.17) is 4.74 Å². The molecule has 1 aliphatic rings. The number of hydrogen-bond acceptors (Lipinski definition) is 4. The third-order valence-electron chi connectivity index (χ3n) is 3.71. The minimum Gasteiger partial charge on any atom is -0.492 e. The molecule has 0 aliphatic heterocycles. The van der Waals surface area contributed by atoms with Gasteiger partial charge in [0.15, 0.2) is 0 Å². The lowest BCUT2D eigenvalue weighted by Crippen LogP contribution is -2.24. The van der Waals surface area contributed by atoms with Crippen LogP contribution in [0.3, 0.4) is 0 Å². The van der Waals surface area contributed by atoms with Crippen LogP contribution in [0.5, 0.6) is 5.75 Å². The fourth-order valence-electron chi connectivity index (χ4n) is 2.62. The van der Waals surface area contributed by atoms with E-state index >= 15 is 0 Å². The van der Waals surface area contributed by atoms with E-state index < -0.39 is 0 Å². The molecule has 1 unspecified atom stereocenters. The van der Waals surface area contributed by atoms with Crippen LogP contribution in [0, 0.1) is 0 Å². The summed E-state index contributed by atoms with van der Waals surface area (Å²) in [7, 11) is 0. The van der Waals surface area contributed by atoms with Gasteiger partial charge in [-0.05, 0) is 49.4 Å². The normalized spacial score (nSPS) is 15.1. The van der Waals surface area contributed by atoms with E-state index in [1.54, 1.807) is 11.3 Å². The molecule has 0 amide bonds. The molecule has 20 heavy (non-hydrogen) atoms. The Morgan fingerprint density at radius 1 is 1.35 bits per heavy atom. The maximum atomic E-state index is 5.82. The minimum absolute atomic E-state index is 0.290. The van der Waals surface area contributed by atoms with Crippen LogP contribution in [0.4, 0.5) is 0 Å². The van der Waals surface area contributed by atoms with Crippen LogP contribution in [0.2, 0.25) is 0 Å². The molecule has 1 aromatic carbocycles. The molecule has 1 aliphatic carbocycles. The van der Waals surface area contributed by atoms with Crippen molar-refractivity contribution in [3.63, 3.8) is 0 Å². The fraction of sp³-hybridized carbons (Fsp3) is 0.438. The molecule has 3 rings (SSSR count). The van der Waals surface area contributed by atoms with Gasteiger partial charge in [0.2, 0.25) is 0 Å². The number of hydrogen-bond donors (Lipinski definition) is 1. The molecule has 106 valence electrons. The molecule has 0 saturated carbocycles. The largest absolute Gasteiger partial charge is 0.492 e. The maximum Gasteiger partial charge on any atom is 0.119 e. The topological polar surface area (TPSA) is 34.1 Å². The van der Waals surface area contributed by atoms with Crippen LogP contribution in [0.15, 0.2) is 29.8 Å². The molecule has 2 aromatic rings. The number of fused-ring (bicyclic) bond motifs is 1. The van der Waals surface area contributed by atoms with Crippen LogP contribution in [0.1, 0.15) is 35.5 Å². The molecule has 0 saturated heterocycles. The van der Waals surface area contributed by atoms with Crippen molar-refractivity contribution >= 4 is 11.3 Å². The minimum atomic E-state index is 0.290. The number of nitrogens with zero attached hydrogens (tertiary/aromatic N) is 1. The SMILES string of the molecule is CC(NCCOc1ccc2c(c1)CCC2)c1nccs1. The van der Waals surface area contributed by atoms with E-state index in [9.17, 15) is 0 Å². The Balaban J connectivity index is 1.44. The predicted molar refractivity (Wildman–Crippen MR) is 82.5 cm³/mol. The zero-order chi connectivity index (χ0) is 13.8. The summed E-state index contributed by atoms with van der Waals surface area (Å²) in [5.74, 6) is 0.995. The van der Waals surface area contributed by atoms with Crippen molar-refractivity contribution < 1.29 is 4.74 Å². The van der Waals surface area contributed by atoms with Gasteiger partial charge in [0, 0.05) is 18.1 Å². The Hall–Kier alpha value is -1.39. The van der Waals surface area contributed by atoms with Gasteiger partial charge in [0.05, 0.1) is 6.04 Å². The highest BCUT2D eigenvalue weighted by atomic mass is 32.1. The van der Waals surface area contributed by atoms with Gasteiger partial charge in [-0.25, -0.2) is 4.98 Å². The first-order valence-electron chi connectivity index (χ1n) is 7.20. The van der Waals surface area contributed by atoms with Gasteiger partial charge in [-0.1, -0.05) is 6.07 Å². The lowest BCUT2D eigenvalue weighted by molar-refractivity contribution is 0.307. The molecule has 1 aromatic heterocycles. The molecular weight excluding hydrogens is 268 g/mol. The van der Waals surface area contributed by atoms with E-state index in [0.717, 1.165) is 17.3 Å². The van der Waals surface area contributed by atoms with Crippen molar-refractivity contribution in [2.45, 2.75) is 32.2 Å². The summed E-state index contributed by atoms with van der Waals surface area (Å²) < 4.78 is 5.82. The van der Waals surface area contributed by atoms with E-state index in [0.29, 0.717) is 12.6 Å². The van der Waals surface area contributed by atoms with Gasteiger partial charge >= 0.3 is 0 Å². The first kappa shape index (κ1) is 13.6. The number of benzene rings is 1. The van der Waals surface area contributed by atoms with Crippen molar-refractivity contribution in [3.8, 4) is 5.75 Å². The van der Waals surface area contributed by atoms with Crippen LogP contribution in [-0.2, 0) is 12.8 Å². The summed E-state index contributed by atoms with van der Waals surface area (Å²) in [5, 5.41) is 6.57. The number of aromatic nitrogens is 1. The van der Waals surface area contributed by atoms with Crippen LogP contribution >= 0.6 is 11.3 Å². The van der Waals surface area contributed by atoms with E-state index in [2.05, 4.69) is 35.4 Å². The summed E-state index contributed by atoms with van der Waals surface area (Å²) in [6, 6.07) is 6.79. The van der Waals surface area contributed by atoms with Crippen LogP contribution in [0.25, 0.3) is 0 Å². The molecular formula is C16H20N2OS. The zero-order valence-corrected chi connectivity index (χ0v) is 12.6. The molecule has 0 fully saturated rings. The van der Waals surface area contributed by atoms with E-state index in [1.165, 1.54) is 30.4 Å². The second-order valence-corrected chi connectivity index (χ2v) is 6.10. The lowest BCUT2D eigenvalue weighted by atomic mass is 10.1. The zero-order valence-electron chi connectivity index (χ0n) is 11.8. The summed E-state index contributed by atoms with van der Waals surface area (Å²) in [6.07, 6.45) is 5.55. The van der Waals surface area contributed by atoms with Crippen molar-refractivity contribution in [2.75, 3.05) is 13.2 Å². The molecule has 3 nitrogen and oxygen atoms in total. The summed E-state index contributed by atoms with van der Waals surface area (Å²) in [6.45, 7) is 3.65. The van der Waals surface area contributed by atoms with Gasteiger partial charge in [0.1, 0.15) is 17.4 Å². The van der Waals surface area contributed by atoms with Crippen molar-refractivity contribution in [3.05, 3.63) is 45.9 Å². The Morgan fingerprint density at radius 3 is 3.10 bits per heavy atom. The molecule has 1 atom stereocenters. The average molecular weight is 288 g/mol. The fourth-order valence-corrected chi connectivity index (χ4v) is 3.29. The van der Waals surface area contributed by atoms with Crippen molar-refractivity contribution in [1.82, 2.24) is 10.3 Å². The Morgan fingerprint density at radius 2 is 2.25 bits per heavy atom. The van der Waals surface area contributed by atoms with Crippen molar-refractivity contribution in [1.29, 1.82) is 0 Å². The molecule has 4 heteroatoms. The molecule has 1 heterocycles. The van der Waals surface area contributed by atoms with Crippen molar-refractivity contribution in [2.24, 2.45) is 0 Å². The van der Waals surface area contributed by atoms with Crippen LogP contribution < -0.4 is 10.1 Å². The third-order valence-corrected chi connectivity index (χ3v) is 4.67. The number of aryl methyl sites for hydroxylation is 2. The van der Waals surface area contributed by atoms with Gasteiger partial charge in [-0.15, -0.1) is 11.3 Å². The van der Waals surface area contributed by atoms with Crippen LogP contribution in [-0.4, -0.2) is 18.1 Å². The summed E-state index contributed by atoms with van der Waals surface area (Å²) in [4.78, 5) is 4.31. The highest BCUT2D eigenvalue weighted by Gasteiger charge is 2.11. The Kier molecular flexibility index (Phi) is 4.33. The average Bonchev–Trinajstić information content (AvgIpc) is 3.13. The monoisotopic (exact) mass is 288 g/mol. The molecule has 1 N–H and O–H groups in total. The maximum absolute atomic E-state index is 5.82. The van der Waals surface area contributed by atoms with Gasteiger partial charge in [-0.3, -0.25) is 0 Å². The smallest absolute Gasteiger partial charge is 0.119 e. The molecule has 0 spiro atoms. The predicted octanol–water partition coefficient (Wildman–Crippen LogP) is 3.36. The van der Waals surface area contributed by atoms with Gasteiger partial charge in [-0.2, -0.15) is 0 Å². The Labute approximate surface area is 124 Å². The standard InChI is InChI=1S/C16H20N2OS/c1-12(16-18-8-10-20-16)17-7-9-19-15-6-5-13-3-2-4-14(13)11-15/h5-6,8,10-12,17H,2-4,7,9H2,1H3. The number of rotatable bonds is 6. The number of nitrogens with one attached hydrogen (secondary N) is 1. The quantitative estimate of drug-likeness (QED) is 0.828. The van der Waals surface area contributed by atoms with Gasteiger partial charge < -0.3 is 10.1 Å².